The van der Waals surface area contributed by atoms with Crippen LogP contribution in [0.3, 0.4) is 0 Å². The van der Waals surface area contributed by atoms with Crippen molar-refractivity contribution in [3.63, 3.8) is 0 Å². The molecule has 0 saturated heterocycles. The van der Waals surface area contributed by atoms with Crippen molar-refractivity contribution in [1.29, 1.82) is 0 Å². The van der Waals surface area contributed by atoms with Crippen molar-refractivity contribution >= 4 is 36.1 Å². The van der Waals surface area contributed by atoms with Crippen LogP contribution in [0.5, 0.6) is 0 Å². The maximum Gasteiger partial charge on any atom is 0.336 e. The molecule has 1 aliphatic carbocycles. The molecule has 0 fully saturated rings. The van der Waals surface area contributed by atoms with E-state index in [-0.39, 0.29) is 0 Å². The highest BCUT2D eigenvalue weighted by atomic mass is 16.4. The lowest BCUT2D eigenvalue weighted by Crippen LogP contribution is -2.21. The number of benzene rings is 1. The lowest BCUT2D eigenvalue weighted by molar-refractivity contribution is 0.0695. The number of carboxylic acid groups (broad SMARTS) is 1. The Kier molecular flexibility index (Phi) is 1.45. The summed E-state index contributed by atoms with van der Waals surface area (Å²) in [7, 11) is 0. The minimum absolute atomic E-state index is 0.343. The number of carboxylic acids is 1. The number of aliphatic imine (C=N–C) groups is 1. The van der Waals surface area contributed by atoms with Crippen molar-refractivity contribution in [3.05, 3.63) is 33.7 Å². The van der Waals surface area contributed by atoms with Gasteiger partial charge in [0.1, 0.15) is 0 Å². The summed E-state index contributed by atoms with van der Waals surface area (Å²) in [6.45, 7) is 0. The van der Waals surface area contributed by atoms with Crippen molar-refractivity contribution in [3.8, 4) is 0 Å². The second-order valence-electron chi connectivity index (χ2n) is 3.47. The molecule has 3 rings (SSSR count). The van der Waals surface area contributed by atoms with E-state index in [0.29, 0.717) is 5.56 Å². The standard InChI is InChI=1S/C12H7NO2/c14-12(15)10-6-7-4-5-13-11(7)9-3-1-2-8(9)10/h1-6H,(H,14,15). The van der Waals surface area contributed by atoms with E-state index in [1.54, 1.807) is 12.3 Å². The number of nitrogens with zero attached hydrogens (tertiary/aromatic N) is 1. The van der Waals surface area contributed by atoms with E-state index in [2.05, 4.69) is 4.99 Å². The van der Waals surface area contributed by atoms with Crippen LogP contribution in [0.25, 0.3) is 18.2 Å². The van der Waals surface area contributed by atoms with Gasteiger partial charge in [-0.2, -0.15) is 0 Å². The third-order valence-electron chi connectivity index (χ3n) is 2.62. The molecule has 15 heavy (non-hydrogen) atoms. The Morgan fingerprint density at radius 2 is 2.20 bits per heavy atom. The predicted octanol–water partition coefficient (Wildman–Crippen LogP) is 0.689. The molecule has 0 aromatic heterocycles. The van der Waals surface area contributed by atoms with Crippen LogP contribution < -0.4 is 10.4 Å². The molecule has 1 heterocycles. The molecule has 1 aromatic rings. The first-order valence-corrected chi connectivity index (χ1v) is 4.60. The summed E-state index contributed by atoms with van der Waals surface area (Å²) in [6.07, 6.45) is 9.09. The van der Waals surface area contributed by atoms with Gasteiger partial charge in [-0.3, -0.25) is 4.99 Å². The zero-order valence-electron chi connectivity index (χ0n) is 7.77. The lowest BCUT2D eigenvalue weighted by atomic mass is 10.0. The van der Waals surface area contributed by atoms with Crippen LogP contribution in [0.1, 0.15) is 15.9 Å². The Bertz CT molecular complexity index is 651. The van der Waals surface area contributed by atoms with Gasteiger partial charge in [0, 0.05) is 17.0 Å². The minimum Gasteiger partial charge on any atom is -0.478 e. The summed E-state index contributed by atoms with van der Waals surface area (Å²) in [6, 6.07) is 1.67. The molecule has 0 atom stereocenters. The average Bonchev–Trinajstić information content (AvgIpc) is 2.83. The zero-order valence-corrected chi connectivity index (χ0v) is 7.77. The van der Waals surface area contributed by atoms with Crippen molar-refractivity contribution < 1.29 is 9.90 Å². The van der Waals surface area contributed by atoms with Gasteiger partial charge in [0.05, 0.1) is 11.3 Å². The van der Waals surface area contributed by atoms with E-state index in [9.17, 15) is 4.79 Å². The maximum absolute atomic E-state index is 11.1. The van der Waals surface area contributed by atoms with Crippen molar-refractivity contribution in [1.82, 2.24) is 0 Å². The molecule has 1 aromatic carbocycles. The van der Waals surface area contributed by atoms with Gasteiger partial charge < -0.3 is 5.11 Å². The fourth-order valence-corrected chi connectivity index (χ4v) is 1.96. The molecule has 2 aliphatic rings. The summed E-state index contributed by atoms with van der Waals surface area (Å²) < 4.78 is 0. The molecule has 3 nitrogen and oxygen atoms in total. The Morgan fingerprint density at radius 3 is 3.00 bits per heavy atom. The monoisotopic (exact) mass is 197 g/mol. The lowest BCUT2D eigenvalue weighted by Gasteiger charge is -2.02. The van der Waals surface area contributed by atoms with Crippen LogP contribution in [0, 0.1) is 0 Å². The largest absolute Gasteiger partial charge is 0.478 e. The van der Waals surface area contributed by atoms with Crippen LogP contribution in [-0.4, -0.2) is 17.3 Å². The third kappa shape index (κ3) is 1.00. The van der Waals surface area contributed by atoms with Crippen LogP contribution in [-0.2, 0) is 0 Å². The van der Waals surface area contributed by atoms with E-state index in [1.807, 2.05) is 24.3 Å². The molecular formula is C12H7NO2. The van der Waals surface area contributed by atoms with Gasteiger partial charge in [0.15, 0.2) is 0 Å². The summed E-state index contributed by atoms with van der Waals surface area (Å²) in [5.41, 5.74) is 2.13. The molecule has 1 aliphatic heterocycles. The van der Waals surface area contributed by atoms with Gasteiger partial charge in [-0.25, -0.2) is 4.79 Å². The minimum atomic E-state index is -0.894. The van der Waals surface area contributed by atoms with Gasteiger partial charge in [-0.1, -0.05) is 18.2 Å². The van der Waals surface area contributed by atoms with E-state index in [0.717, 1.165) is 21.7 Å². The molecule has 0 spiro atoms. The highest BCUT2D eigenvalue weighted by Gasteiger charge is 2.15. The van der Waals surface area contributed by atoms with E-state index < -0.39 is 5.97 Å². The van der Waals surface area contributed by atoms with Gasteiger partial charge in [-0.05, 0) is 17.4 Å². The SMILES string of the molecule is O=C(O)c1cc2c(c3c1=CC=C3)N=CC=2. The summed E-state index contributed by atoms with van der Waals surface area (Å²) in [4.78, 5) is 15.3. The molecule has 3 heteroatoms. The Labute approximate surface area is 85.4 Å². The average molecular weight is 197 g/mol. The molecule has 0 unspecified atom stereocenters. The predicted molar refractivity (Wildman–Crippen MR) is 58.8 cm³/mol. The van der Waals surface area contributed by atoms with Crippen LogP contribution in [0.4, 0.5) is 5.69 Å². The zero-order chi connectivity index (χ0) is 10.4. The van der Waals surface area contributed by atoms with E-state index in [1.165, 1.54) is 0 Å². The van der Waals surface area contributed by atoms with Crippen LogP contribution in [0.2, 0.25) is 0 Å². The quantitative estimate of drug-likeness (QED) is 0.720. The number of carbonyl (C=O) groups is 1. The highest BCUT2D eigenvalue weighted by molar-refractivity contribution is 6.01. The highest BCUT2D eigenvalue weighted by Crippen LogP contribution is 2.18. The molecule has 1 N–H and O–H groups in total. The Balaban J connectivity index is 2.50. The molecular weight excluding hydrogens is 190 g/mol. The summed E-state index contributed by atoms with van der Waals surface area (Å²) >= 11 is 0. The maximum atomic E-state index is 11.1. The topological polar surface area (TPSA) is 49.7 Å². The van der Waals surface area contributed by atoms with Crippen LogP contribution >= 0.6 is 0 Å². The fraction of sp³-hybridized carbons (Fsp3) is 0. The molecule has 0 bridgehead atoms. The number of rotatable bonds is 1. The number of hydrogen-bond donors (Lipinski definition) is 1. The first kappa shape index (κ1) is 8.17. The van der Waals surface area contributed by atoms with Crippen molar-refractivity contribution in [2.75, 3.05) is 0 Å². The van der Waals surface area contributed by atoms with Gasteiger partial charge in [0.2, 0.25) is 0 Å². The first-order valence-electron chi connectivity index (χ1n) is 4.60. The molecule has 72 valence electrons. The number of fused-ring (bicyclic) bond motifs is 3. The Morgan fingerprint density at radius 1 is 1.33 bits per heavy atom. The van der Waals surface area contributed by atoms with E-state index >= 15 is 0 Å². The summed E-state index contributed by atoms with van der Waals surface area (Å²) in [5.74, 6) is -0.894. The number of allylic oxidation sites excluding steroid dienone is 1. The molecule has 0 saturated carbocycles. The third-order valence-corrected chi connectivity index (χ3v) is 2.62. The van der Waals surface area contributed by atoms with Gasteiger partial charge in [-0.15, -0.1) is 0 Å². The van der Waals surface area contributed by atoms with Gasteiger partial charge >= 0.3 is 5.97 Å². The second-order valence-corrected chi connectivity index (χ2v) is 3.47. The first-order chi connectivity index (χ1) is 7.27. The normalized spacial score (nSPS) is 14.4. The second kappa shape index (κ2) is 2.67. The number of aromatic carboxylic acids is 1. The van der Waals surface area contributed by atoms with Crippen LogP contribution in [0.15, 0.2) is 17.1 Å². The van der Waals surface area contributed by atoms with Gasteiger partial charge in [0.25, 0.3) is 0 Å². The number of hydrogen-bond acceptors (Lipinski definition) is 2. The molecule has 0 amide bonds. The van der Waals surface area contributed by atoms with E-state index in [4.69, 9.17) is 5.11 Å². The van der Waals surface area contributed by atoms with Crippen molar-refractivity contribution in [2.45, 2.75) is 0 Å². The smallest absolute Gasteiger partial charge is 0.336 e. The fourth-order valence-electron chi connectivity index (χ4n) is 1.96. The summed E-state index contributed by atoms with van der Waals surface area (Å²) in [5, 5.41) is 10.7. The Hall–Kier alpha value is -2.16. The van der Waals surface area contributed by atoms with Crippen molar-refractivity contribution in [2.24, 2.45) is 4.99 Å². The molecule has 0 radical (unpaired) electrons.